The third-order valence-corrected chi connectivity index (χ3v) is 4.44. The van der Waals surface area contributed by atoms with Crippen molar-refractivity contribution < 1.29 is 4.79 Å². The number of benzene rings is 2. The fraction of sp³-hybridized carbons (Fsp3) is 0.389. The molecule has 2 unspecified atom stereocenters. The van der Waals surface area contributed by atoms with E-state index in [9.17, 15) is 4.79 Å². The van der Waals surface area contributed by atoms with Gasteiger partial charge in [-0.1, -0.05) is 36.4 Å². The normalized spacial score (nSPS) is 20.5. The SMILES string of the molecule is CC(N)C1CCCCN1C(=O)c1cccc2ccccc12. The van der Waals surface area contributed by atoms with E-state index < -0.39 is 0 Å². The number of piperidine rings is 1. The second-order valence-corrected chi connectivity index (χ2v) is 5.95. The monoisotopic (exact) mass is 282 g/mol. The summed E-state index contributed by atoms with van der Waals surface area (Å²) in [5.74, 6) is 0.119. The minimum atomic E-state index is 0.0178. The fourth-order valence-corrected chi connectivity index (χ4v) is 3.32. The Morgan fingerprint density at radius 1 is 1.19 bits per heavy atom. The molecule has 1 saturated heterocycles. The van der Waals surface area contributed by atoms with Crippen molar-refractivity contribution in [3.8, 4) is 0 Å². The van der Waals surface area contributed by atoms with Crippen LogP contribution in [0.1, 0.15) is 36.5 Å². The molecule has 1 heterocycles. The van der Waals surface area contributed by atoms with Gasteiger partial charge in [0, 0.05) is 24.2 Å². The van der Waals surface area contributed by atoms with Gasteiger partial charge in [0.05, 0.1) is 0 Å². The first-order valence-corrected chi connectivity index (χ1v) is 7.73. The van der Waals surface area contributed by atoms with E-state index in [0.29, 0.717) is 0 Å². The molecule has 21 heavy (non-hydrogen) atoms. The largest absolute Gasteiger partial charge is 0.334 e. The van der Waals surface area contributed by atoms with Gasteiger partial charge in [-0.15, -0.1) is 0 Å². The maximum atomic E-state index is 13.0. The number of hydrogen-bond acceptors (Lipinski definition) is 2. The number of carbonyl (C=O) groups is 1. The van der Waals surface area contributed by atoms with Crippen LogP contribution in [0, 0.1) is 0 Å². The molecular weight excluding hydrogens is 260 g/mol. The van der Waals surface area contributed by atoms with Crippen LogP contribution in [0.2, 0.25) is 0 Å². The standard InChI is InChI=1S/C18H22N2O/c1-13(19)17-11-4-5-12-20(17)18(21)16-10-6-8-14-7-2-3-9-15(14)16/h2-3,6-10,13,17H,4-5,11-12,19H2,1H3. The van der Waals surface area contributed by atoms with Gasteiger partial charge < -0.3 is 10.6 Å². The minimum Gasteiger partial charge on any atom is -0.334 e. The van der Waals surface area contributed by atoms with Crippen molar-refractivity contribution in [1.82, 2.24) is 4.90 Å². The molecule has 110 valence electrons. The first-order chi connectivity index (χ1) is 10.2. The molecule has 0 aliphatic carbocycles. The maximum Gasteiger partial charge on any atom is 0.254 e. The van der Waals surface area contributed by atoms with Crippen LogP contribution in [0.25, 0.3) is 10.8 Å². The molecule has 2 atom stereocenters. The van der Waals surface area contributed by atoms with Gasteiger partial charge in [0.1, 0.15) is 0 Å². The molecule has 2 aromatic rings. The average molecular weight is 282 g/mol. The predicted octanol–water partition coefficient (Wildman–Crippen LogP) is 3.18. The summed E-state index contributed by atoms with van der Waals surface area (Å²) in [6.07, 6.45) is 3.24. The lowest BCUT2D eigenvalue weighted by atomic mass is 9.95. The number of carbonyl (C=O) groups excluding carboxylic acids is 1. The number of nitrogens with two attached hydrogens (primary N) is 1. The topological polar surface area (TPSA) is 46.3 Å². The Hall–Kier alpha value is -1.87. The number of fused-ring (bicyclic) bond motifs is 1. The number of amides is 1. The number of nitrogens with zero attached hydrogens (tertiary/aromatic N) is 1. The van der Waals surface area contributed by atoms with Gasteiger partial charge in [-0.05, 0) is 43.0 Å². The van der Waals surface area contributed by atoms with Gasteiger partial charge in [0.2, 0.25) is 0 Å². The molecule has 3 nitrogen and oxygen atoms in total. The van der Waals surface area contributed by atoms with Gasteiger partial charge in [0.25, 0.3) is 5.91 Å². The van der Waals surface area contributed by atoms with Crippen molar-refractivity contribution in [3.05, 3.63) is 48.0 Å². The van der Waals surface area contributed by atoms with Crippen molar-refractivity contribution in [2.45, 2.75) is 38.3 Å². The van der Waals surface area contributed by atoms with Crippen molar-refractivity contribution in [2.24, 2.45) is 5.73 Å². The Labute approximate surface area is 125 Å². The molecule has 0 spiro atoms. The van der Waals surface area contributed by atoms with Crippen LogP contribution in [0.15, 0.2) is 42.5 Å². The minimum absolute atomic E-state index is 0.0178. The van der Waals surface area contributed by atoms with E-state index in [1.807, 2.05) is 54.3 Å². The third kappa shape index (κ3) is 2.66. The molecule has 0 bridgehead atoms. The molecule has 0 radical (unpaired) electrons. The van der Waals surface area contributed by atoms with E-state index in [2.05, 4.69) is 0 Å². The highest BCUT2D eigenvalue weighted by Gasteiger charge is 2.30. The predicted molar refractivity (Wildman–Crippen MR) is 86.3 cm³/mol. The Kier molecular flexibility index (Phi) is 3.93. The molecular formula is C18H22N2O. The van der Waals surface area contributed by atoms with E-state index in [1.54, 1.807) is 0 Å². The Balaban J connectivity index is 1.99. The smallest absolute Gasteiger partial charge is 0.254 e. The summed E-state index contributed by atoms with van der Waals surface area (Å²) in [5.41, 5.74) is 6.88. The van der Waals surface area contributed by atoms with Crippen LogP contribution in [-0.2, 0) is 0 Å². The third-order valence-electron chi connectivity index (χ3n) is 4.44. The number of likely N-dealkylation sites (tertiary alicyclic amines) is 1. The molecule has 1 fully saturated rings. The maximum absolute atomic E-state index is 13.0. The van der Waals surface area contributed by atoms with Gasteiger partial charge in [-0.25, -0.2) is 0 Å². The summed E-state index contributed by atoms with van der Waals surface area (Å²) in [7, 11) is 0. The average Bonchev–Trinajstić information content (AvgIpc) is 2.53. The highest BCUT2D eigenvalue weighted by Crippen LogP contribution is 2.25. The van der Waals surface area contributed by atoms with Crippen LogP contribution in [0.5, 0.6) is 0 Å². The Bertz CT molecular complexity index is 645. The van der Waals surface area contributed by atoms with E-state index in [0.717, 1.165) is 42.1 Å². The van der Waals surface area contributed by atoms with Crippen molar-refractivity contribution in [1.29, 1.82) is 0 Å². The van der Waals surface area contributed by atoms with Crippen LogP contribution < -0.4 is 5.73 Å². The summed E-state index contributed by atoms with van der Waals surface area (Å²) >= 11 is 0. The van der Waals surface area contributed by atoms with Crippen LogP contribution in [0.3, 0.4) is 0 Å². The van der Waals surface area contributed by atoms with Gasteiger partial charge in [-0.3, -0.25) is 4.79 Å². The molecule has 1 amide bonds. The highest BCUT2D eigenvalue weighted by atomic mass is 16.2. The van der Waals surface area contributed by atoms with Crippen LogP contribution in [-0.4, -0.2) is 29.4 Å². The summed E-state index contributed by atoms with van der Waals surface area (Å²) in [5, 5.41) is 2.14. The molecule has 0 aromatic heterocycles. The van der Waals surface area contributed by atoms with E-state index in [4.69, 9.17) is 5.73 Å². The Morgan fingerprint density at radius 2 is 1.95 bits per heavy atom. The molecule has 3 rings (SSSR count). The van der Waals surface area contributed by atoms with Crippen molar-refractivity contribution in [3.63, 3.8) is 0 Å². The highest BCUT2D eigenvalue weighted by molar-refractivity contribution is 6.07. The van der Waals surface area contributed by atoms with Crippen molar-refractivity contribution in [2.75, 3.05) is 6.54 Å². The second-order valence-electron chi connectivity index (χ2n) is 5.95. The zero-order chi connectivity index (χ0) is 14.8. The first-order valence-electron chi connectivity index (χ1n) is 7.73. The Morgan fingerprint density at radius 3 is 2.76 bits per heavy atom. The van der Waals surface area contributed by atoms with Crippen molar-refractivity contribution >= 4 is 16.7 Å². The molecule has 0 saturated carbocycles. The molecule has 1 aliphatic rings. The van der Waals surface area contributed by atoms with Gasteiger partial charge >= 0.3 is 0 Å². The van der Waals surface area contributed by atoms with Gasteiger partial charge in [0.15, 0.2) is 0 Å². The lowest BCUT2D eigenvalue weighted by Crippen LogP contribution is -2.51. The van der Waals surface area contributed by atoms with E-state index in [1.165, 1.54) is 0 Å². The first kappa shape index (κ1) is 14.1. The molecule has 1 aliphatic heterocycles. The summed E-state index contributed by atoms with van der Waals surface area (Å²) in [6.45, 7) is 2.81. The van der Waals surface area contributed by atoms with Crippen LogP contribution >= 0.6 is 0 Å². The van der Waals surface area contributed by atoms with E-state index in [-0.39, 0.29) is 18.0 Å². The summed E-state index contributed by atoms with van der Waals surface area (Å²) in [6, 6.07) is 14.2. The van der Waals surface area contributed by atoms with Gasteiger partial charge in [-0.2, -0.15) is 0 Å². The quantitative estimate of drug-likeness (QED) is 0.919. The van der Waals surface area contributed by atoms with Crippen LogP contribution in [0.4, 0.5) is 0 Å². The zero-order valence-electron chi connectivity index (χ0n) is 12.5. The fourth-order valence-electron chi connectivity index (χ4n) is 3.32. The lowest BCUT2D eigenvalue weighted by molar-refractivity contribution is 0.0586. The summed E-state index contributed by atoms with van der Waals surface area (Å²) in [4.78, 5) is 15.0. The molecule has 3 heteroatoms. The second kappa shape index (κ2) is 5.86. The number of rotatable bonds is 2. The summed E-state index contributed by atoms with van der Waals surface area (Å²) < 4.78 is 0. The zero-order valence-corrected chi connectivity index (χ0v) is 12.5. The lowest BCUT2D eigenvalue weighted by Gasteiger charge is -2.38. The number of hydrogen-bond donors (Lipinski definition) is 1. The van der Waals surface area contributed by atoms with E-state index >= 15 is 0 Å². The molecule has 2 aromatic carbocycles. The molecule has 2 N–H and O–H groups in total.